The van der Waals surface area contributed by atoms with Crippen molar-refractivity contribution < 1.29 is 23.0 Å². The van der Waals surface area contributed by atoms with E-state index in [1.807, 2.05) is 18.2 Å². The fourth-order valence-electron chi connectivity index (χ4n) is 3.43. The van der Waals surface area contributed by atoms with Gasteiger partial charge in [-0.25, -0.2) is 0 Å². The maximum absolute atomic E-state index is 12.7. The first-order chi connectivity index (χ1) is 14.6. The molecule has 0 saturated carbocycles. The van der Waals surface area contributed by atoms with E-state index in [4.69, 9.17) is 4.74 Å². The van der Waals surface area contributed by atoms with Gasteiger partial charge in [0.05, 0.1) is 7.11 Å². The van der Waals surface area contributed by atoms with Crippen LogP contribution in [0.3, 0.4) is 0 Å². The van der Waals surface area contributed by atoms with Crippen LogP contribution in [0.1, 0.15) is 11.1 Å². The minimum Gasteiger partial charge on any atom is -0.493 e. The summed E-state index contributed by atoms with van der Waals surface area (Å²) in [4.78, 5) is 16.7. The summed E-state index contributed by atoms with van der Waals surface area (Å²) in [6.45, 7) is 0.872. The van der Waals surface area contributed by atoms with Crippen LogP contribution in [0.2, 0.25) is 0 Å². The maximum atomic E-state index is 12.7. The second-order valence-corrected chi connectivity index (χ2v) is 6.99. The molecule has 0 N–H and O–H groups in total. The quantitative estimate of drug-likeness (QED) is 0.616. The number of hydrogen-bond donors (Lipinski definition) is 0. The summed E-state index contributed by atoms with van der Waals surface area (Å²) < 4.78 is 35.1. The Bertz CT molecular complexity index is 851. The largest absolute Gasteiger partial charge is 0.493 e. The zero-order chi connectivity index (χ0) is 21.3. The molecule has 160 valence electrons. The molecule has 0 atom stereocenters. The normalized spacial score (nSPS) is 15.0. The second-order valence-electron chi connectivity index (χ2n) is 6.99. The van der Waals surface area contributed by atoms with Gasteiger partial charge in [0.25, 0.3) is 0 Å². The number of hydrogen-bond acceptors (Lipinski definition) is 4. The van der Waals surface area contributed by atoms with Crippen LogP contribution < -0.4 is 9.47 Å². The van der Waals surface area contributed by atoms with Gasteiger partial charge in [0.1, 0.15) is 0 Å². The van der Waals surface area contributed by atoms with E-state index in [9.17, 15) is 13.6 Å². The van der Waals surface area contributed by atoms with Crippen molar-refractivity contribution >= 4 is 12.0 Å². The van der Waals surface area contributed by atoms with Gasteiger partial charge in [0.2, 0.25) is 5.91 Å². The molecule has 1 heterocycles. The average Bonchev–Trinajstić information content (AvgIpc) is 2.77. The Morgan fingerprint density at radius 3 is 2.47 bits per heavy atom. The lowest BCUT2D eigenvalue weighted by Crippen LogP contribution is -2.48. The minimum atomic E-state index is -2.98. The van der Waals surface area contributed by atoms with Crippen molar-refractivity contribution in [2.24, 2.45) is 0 Å². The highest BCUT2D eigenvalue weighted by molar-refractivity contribution is 5.92. The van der Waals surface area contributed by atoms with E-state index in [-0.39, 0.29) is 17.4 Å². The van der Waals surface area contributed by atoms with Gasteiger partial charge in [0.15, 0.2) is 11.5 Å². The monoisotopic (exact) mass is 416 g/mol. The lowest BCUT2D eigenvalue weighted by atomic mass is 10.1. The van der Waals surface area contributed by atoms with Crippen LogP contribution in [0, 0.1) is 0 Å². The van der Waals surface area contributed by atoms with Crippen molar-refractivity contribution in [3.05, 3.63) is 65.7 Å². The number of carbonyl (C=O) groups excluding carboxylic acids is 1. The number of halogens is 2. The lowest BCUT2D eigenvalue weighted by molar-refractivity contribution is -0.127. The first-order valence-electron chi connectivity index (χ1n) is 9.92. The van der Waals surface area contributed by atoms with Gasteiger partial charge in [-0.15, -0.1) is 0 Å². The molecule has 1 aliphatic rings. The predicted octanol–water partition coefficient (Wildman–Crippen LogP) is 3.70. The van der Waals surface area contributed by atoms with Gasteiger partial charge in [0, 0.05) is 44.4 Å². The third-order valence-electron chi connectivity index (χ3n) is 5.09. The van der Waals surface area contributed by atoms with Crippen molar-refractivity contribution in [2.45, 2.75) is 13.0 Å². The van der Waals surface area contributed by atoms with Crippen LogP contribution >= 0.6 is 0 Å². The molecule has 2 aromatic rings. The van der Waals surface area contributed by atoms with Gasteiger partial charge >= 0.3 is 6.61 Å². The molecular weight excluding hydrogens is 390 g/mol. The first-order valence-corrected chi connectivity index (χ1v) is 9.92. The van der Waals surface area contributed by atoms with Crippen LogP contribution in [0.15, 0.2) is 54.6 Å². The Morgan fingerprint density at radius 2 is 1.80 bits per heavy atom. The molecule has 0 aliphatic carbocycles. The standard InChI is InChI=1S/C23H26F2N2O3/c1-29-20-9-5-8-19(22(20)30-23(24)25)10-11-21(28)27-16-14-26(15-17-27)13-12-18-6-3-2-4-7-18/h2-11,23H,12-17H2,1H3. The van der Waals surface area contributed by atoms with E-state index in [1.54, 1.807) is 17.0 Å². The Kier molecular flexibility index (Phi) is 7.79. The Morgan fingerprint density at radius 1 is 1.07 bits per heavy atom. The van der Waals surface area contributed by atoms with Crippen LogP contribution in [0.5, 0.6) is 11.5 Å². The van der Waals surface area contributed by atoms with Gasteiger partial charge in [-0.1, -0.05) is 42.5 Å². The molecule has 1 fully saturated rings. The Hall–Kier alpha value is -2.93. The van der Waals surface area contributed by atoms with E-state index < -0.39 is 6.61 Å². The fraction of sp³-hybridized carbons (Fsp3) is 0.348. The summed E-state index contributed by atoms with van der Waals surface area (Å²) in [5.74, 6) is -0.0368. The average molecular weight is 416 g/mol. The van der Waals surface area contributed by atoms with Crippen molar-refractivity contribution in [1.29, 1.82) is 0 Å². The highest BCUT2D eigenvalue weighted by Gasteiger charge is 2.20. The molecule has 30 heavy (non-hydrogen) atoms. The number of ether oxygens (including phenoxy) is 2. The van der Waals surface area contributed by atoms with Crippen molar-refractivity contribution in [2.75, 3.05) is 39.8 Å². The fourth-order valence-corrected chi connectivity index (χ4v) is 3.43. The molecule has 1 amide bonds. The molecule has 2 aromatic carbocycles. The smallest absolute Gasteiger partial charge is 0.387 e. The van der Waals surface area contributed by atoms with Gasteiger partial charge in [-0.05, 0) is 24.1 Å². The van der Waals surface area contributed by atoms with E-state index >= 15 is 0 Å². The SMILES string of the molecule is COc1cccc(C=CC(=O)N2CCN(CCc3ccccc3)CC2)c1OC(F)F. The predicted molar refractivity (Wildman–Crippen MR) is 112 cm³/mol. The van der Waals surface area contributed by atoms with Crippen LogP contribution in [-0.2, 0) is 11.2 Å². The molecule has 1 aliphatic heterocycles. The summed E-state index contributed by atoms with van der Waals surface area (Å²) in [6, 6.07) is 15.1. The number of amides is 1. The molecule has 0 aromatic heterocycles. The number of benzene rings is 2. The topological polar surface area (TPSA) is 42.0 Å². The van der Waals surface area contributed by atoms with Crippen LogP contribution in [0.4, 0.5) is 8.78 Å². The molecule has 3 rings (SSSR count). The molecule has 1 saturated heterocycles. The van der Waals surface area contributed by atoms with E-state index in [0.717, 1.165) is 26.1 Å². The molecule has 0 unspecified atom stereocenters. The first kappa shape index (κ1) is 21.8. The molecule has 7 heteroatoms. The zero-order valence-electron chi connectivity index (χ0n) is 17.0. The molecule has 0 spiro atoms. The number of para-hydroxylation sites is 1. The number of methoxy groups -OCH3 is 1. The summed E-state index contributed by atoms with van der Waals surface area (Å²) in [7, 11) is 1.38. The molecule has 5 nitrogen and oxygen atoms in total. The van der Waals surface area contributed by atoms with E-state index in [0.29, 0.717) is 18.7 Å². The van der Waals surface area contributed by atoms with Crippen molar-refractivity contribution in [3.8, 4) is 11.5 Å². The highest BCUT2D eigenvalue weighted by atomic mass is 19.3. The summed E-state index contributed by atoms with van der Waals surface area (Å²) >= 11 is 0. The summed E-state index contributed by atoms with van der Waals surface area (Å²) in [5.41, 5.74) is 1.67. The number of nitrogens with zero attached hydrogens (tertiary/aromatic N) is 2. The Labute approximate surface area is 175 Å². The van der Waals surface area contributed by atoms with Gasteiger partial charge in [-0.2, -0.15) is 8.78 Å². The lowest BCUT2D eigenvalue weighted by Gasteiger charge is -2.34. The molecular formula is C23H26F2N2O3. The van der Waals surface area contributed by atoms with Crippen molar-refractivity contribution in [1.82, 2.24) is 9.80 Å². The van der Waals surface area contributed by atoms with Gasteiger partial charge < -0.3 is 14.4 Å². The summed E-state index contributed by atoms with van der Waals surface area (Å²) in [5, 5.41) is 0. The van der Waals surface area contributed by atoms with Crippen LogP contribution in [0.25, 0.3) is 6.08 Å². The second kappa shape index (κ2) is 10.7. The highest BCUT2D eigenvalue weighted by Crippen LogP contribution is 2.33. The maximum Gasteiger partial charge on any atom is 0.387 e. The minimum absolute atomic E-state index is 0.0789. The number of piperazine rings is 1. The zero-order valence-corrected chi connectivity index (χ0v) is 17.0. The third-order valence-corrected chi connectivity index (χ3v) is 5.09. The van der Waals surface area contributed by atoms with Crippen LogP contribution in [-0.4, -0.2) is 62.2 Å². The van der Waals surface area contributed by atoms with Gasteiger partial charge in [-0.3, -0.25) is 9.69 Å². The third kappa shape index (κ3) is 6.03. The number of alkyl halides is 2. The van der Waals surface area contributed by atoms with E-state index in [1.165, 1.54) is 30.9 Å². The van der Waals surface area contributed by atoms with Crippen molar-refractivity contribution in [3.63, 3.8) is 0 Å². The number of carbonyl (C=O) groups is 1. The molecule has 0 radical (unpaired) electrons. The number of rotatable bonds is 8. The summed E-state index contributed by atoms with van der Waals surface area (Å²) in [6.07, 6.45) is 3.87. The molecule has 0 bridgehead atoms. The Balaban J connectivity index is 1.54. The van der Waals surface area contributed by atoms with E-state index in [2.05, 4.69) is 21.8 Å².